The second-order valence-corrected chi connectivity index (χ2v) is 4.82. The summed E-state index contributed by atoms with van der Waals surface area (Å²) in [6.45, 7) is 7.43. The fourth-order valence-electron chi connectivity index (χ4n) is 1.99. The minimum absolute atomic E-state index is 0.0735. The molecule has 0 saturated carbocycles. The molecule has 2 N–H and O–H groups in total. The van der Waals surface area contributed by atoms with Gasteiger partial charge in [-0.2, -0.15) is 0 Å². The normalized spacial score (nSPS) is 17.4. The van der Waals surface area contributed by atoms with E-state index in [1.54, 1.807) is 18.5 Å². The first-order valence-corrected chi connectivity index (χ1v) is 6.15. The van der Waals surface area contributed by atoms with E-state index in [2.05, 4.69) is 25.5 Å². The second kappa shape index (κ2) is 5.41. The number of anilines is 1. The van der Waals surface area contributed by atoms with Gasteiger partial charge >= 0.3 is 0 Å². The Hall–Kier alpha value is -1.53. The number of hydrogen-bond acceptors (Lipinski definition) is 5. The molecule has 0 atom stereocenters. The minimum atomic E-state index is -0.554. The van der Waals surface area contributed by atoms with Crippen LogP contribution in [0.4, 0.5) is 5.95 Å². The van der Waals surface area contributed by atoms with Crippen LogP contribution in [0.15, 0.2) is 18.5 Å². The molecule has 1 aliphatic rings. The van der Waals surface area contributed by atoms with E-state index in [4.69, 9.17) is 0 Å². The summed E-state index contributed by atoms with van der Waals surface area (Å²) in [6, 6.07) is 1.72. The Kier molecular flexibility index (Phi) is 3.88. The van der Waals surface area contributed by atoms with Gasteiger partial charge in [-0.3, -0.25) is 15.0 Å². The molecule has 98 valence electrons. The summed E-state index contributed by atoms with van der Waals surface area (Å²) in [5, 5.41) is 6.03. The van der Waals surface area contributed by atoms with Crippen LogP contribution in [0.2, 0.25) is 0 Å². The number of rotatable bonds is 3. The quantitative estimate of drug-likeness (QED) is 0.795. The zero-order chi connectivity index (χ0) is 13.0. The Balaban J connectivity index is 2.02. The lowest BCUT2D eigenvalue weighted by Crippen LogP contribution is -2.58. The van der Waals surface area contributed by atoms with Crippen LogP contribution in [0.1, 0.15) is 13.8 Å². The van der Waals surface area contributed by atoms with Gasteiger partial charge in [-0.15, -0.1) is 0 Å². The molecule has 1 saturated heterocycles. The van der Waals surface area contributed by atoms with Gasteiger partial charge in [-0.1, -0.05) is 0 Å². The molecular weight excluding hydrogens is 230 g/mol. The Labute approximate surface area is 107 Å². The Morgan fingerprint density at radius 2 is 1.94 bits per heavy atom. The second-order valence-electron chi connectivity index (χ2n) is 4.82. The number of carbonyl (C=O) groups excluding carboxylic acids is 1. The van der Waals surface area contributed by atoms with Gasteiger partial charge in [-0.05, 0) is 19.9 Å². The van der Waals surface area contributed by atoms with Crippen molar-refractivity contribution in [3.05, 3.63) is 18.5 Å². The van der Waals surface area contributed by atoms with Crippen molar-refractivity contribution in [3.63, 3.8) is 0 Å². The number of hydrogen-bond donors (Lipinski definition) is 2. The van der Waals surface area contributed by atoms with E-state index in [0.29, 0.717) is 5.95 Å². The van der Waals surface area contributed by atoms with E-state index >= 15 is 0 Å². The van der Waals surface area contributed by atoms with Gasteiger partial charge in [0, 0.05) is 38.6 Å². The van der Waals surface area contributed by atoms with Crippen LogP contribution in [-0.4, -0.2) is 52.5 Å². The number of nitrogens with zero attached hydrogens (tertiary/aromatic N) is 3. The molecular formula is C12H19N5O. The van der Waals surface area contributed by atoms with Crippen LogP contribution in [-0.2, 0) is 4.79 Å². The molecule has 1 amide bonds. The highest BCUT2D eigenvalue weighted by molar-refractivity contribution is 5.96. The average molecular weight is 249 g/mol. The van der Waals surface area contributed by atoms with Gasteiger partial charge in [-0.25, -0.2) is 9.97 Å². The lowest BCUT2D eigenvalue weighted by Gasteiger charge is -2.39. The van der Waals surface area contributed by atoms with Gasteiger partial charge in [0.05, 0.1) is 5.54 Å². The molecule has 0 aliphatic carbocycles. The number of carbonyl (C=O) groups is 1. The summed E-state index contributed by atoms with van der Waals surface area (Å²) >= 11 is 0. The van der Waals surface area contributed by atoms with E-state index in [0.717, 1.165) is 26.2 Å². The van der Waals surface area contributed by atoms with Crippen molar-refractivity contribution in [3.8, 4) is 0 Å². The third-order valence-electron chi connectivity index (χ3n) is 3.25. The average Bonchev–Trinajstić information content (AvgIpc) is 2.41. The summed E-state index contributed by atoms with van der Waals surface area (Å²) in [4.78, 5) is 22.5. The fourth-order valence-corrected chi connectivity index (χ4v) is 1.99. The molecule has 1 fully saturated rings. The first kappa shape index (κ1) is 12.9. The SMILES string of the molecule is CC(C)(C(=O)Nc1ncccn1)N1CCNCC1. The zero-order valence-electron chi connectivity index (χ0n) is 10.8. The minimum Gasteiger partial charge on any atom is -0.314 e. The van der Waals surface area contributed by atoms with E-state index < -0.39 is 5.54 Å². The van der Waals surface area contributed by atoms with Crippen molar-refractivity contribution in [1.29, 1.82) is 0 Å². The van der Waals surface area contributed by atoms with Crippen LogP contribution in [0, 0.1) is 0 Å². The van der Waals surface area contributed by atoms with Crippen molar-refractivity contribution >= 4 is 11.9 Å². The molecule has 0 aromatic carbocycles. The van der Waals surface area contributed by atoms with Crippen molar-refractivity contribution in [1.82, 2.24) is 20.2 Å². The first-order valence-electron chi connectivity index (χ1n) is 6.15. The van der Waals surface area contributed by atoms with E-state index in [-0.39, 0.29) is 5.91 Å². The van der Waals surface area contributed by atoms with Crippen LogP contribution in [0.25, 0.3) is 0 Å². The summed E-state index contributed by atoms with van der Waals surface area (Å²) in [6.07, 6.45) is 3.22. The molecule has 0 radical (unpaired) electrons. The summed E-state index contributed by atoms with van der Waals surface area (Å²) in [7, 11) is 0. The van der Waals surface area contributed by atoms with E-state index in [1.807, 2.05) is 13.8 Å². The van der Waals surface area contributed by atoms with Gasteiger partial charge in [0.15, 0.2) is 0 Å². The number of amides is 1. The third kappa shape index (κ3) is 2.83. The molecule has 1 aromatic heterocycles. The Morgan fingerprint density at radius 1 is 1.33 bits per heavy atom. The molecule has 1 aromatic rings. The molecule has 1 aliphatic heterocycles. The molecule has 2 rings (SSSR count). The predicted octanol–water partition coefficient (Wildman–Crippen LogP) is 0.0989. The molecule has 0 bridgehead atoms. The highest BCUT2D eigenvalue weighted by Crippen LogP contribution is 2.16. The van der Waals surface area contributed by atoms with Gasteiger partial charge in [0.25, 0.3) is 0 Å². The highest BCUT2D eigenvalue weighted by Gasteiger charge is 2.35. The van der Waals surface area contributed by atoms with Gasteiger partial charge in [0.1, 0.15) is 0 Å². The monoisotopic (exact) mass is 249 g/mol. The van der Waals surface area contributed by atoms with E-state index in [9.17, 15) is 4.79 Å². The lowest BCUT2D eigenvalue weighted by molar-refractivity contribution is -0.126. The lowest BCUT2D eigenvalue weighted by atomic mass is 10.0. The smallest absolute Gasteiger partial charge is 0.246 e. The third-order valence-corrected chi connectivity index (χ3v) is 3.25. The van der Waals surface area contributed by atoms with Crippen LogP contribution < -0.4 is 10.6 Å². The number of piperazine rings is 1. The zero-order valence-corrected chi connectivity index (χ0v) is 10.8. The molecule has 0 unspecified atom stereocenters. The Morgan fingerprint density at radius 3 is 2.56 bits per heavy atom. The molecule has 0 spiro atoms. The van der Waals surface area contributed by atoms with Crippen molar-refractivity contribution in [2.75, 3.05) is 31.5 Å². The van der Waals surface area contributed by atoms with Crippen molar-refractivity contribution in [2.45, 2.75) is 19.4 Å². The highest BCUT2D eigenvalue weighted by atomic mass is 16.2. The maximum absolute atomic E-state index is 12.3. The summed E-state index contributed by atoms with van der Waals surface area (Å²) in [5.74, 6) is 0.279. The van der Waals surface area contributed by atoms with Crippen LogP contribution in [0.5, 0.6) is 0 Å². The van der Waals surface area contributed by atoms with Gasteiger partial charge < -0.3 is 5.32 Å². The summed E-state index contributed by atoms with van der Waals surface area (Å²) in [5.41, 5.74) is -0.554. The maximum Gasteiger partial charge on any atom is 0.246 e. The fraction of sp³-hybridized carbons (Fsp3) is 0.583. The van der Waals surface area contributed by atoms with Crippen molar-refractivity contribution < 1.29 is 4.79 Å². The number of nitrogens with one attached hydrogen (secondary N) is 2. The molecule has 2 heterocycles. The molecule has 18 heavy (non-hydrogen) atoms. The van der Waals surface area contributed by atoms with E-state index in [1.165, 1.54) is 0 Å². The van der Waals surface area contributed by atoms with Crippen molar-refractivity contribution in [2.24, 2.45) is 0 Å². The molecule has 6 heteroatoms. The van der Waals surface area contributed by atoms with Gasteiger partial charge in [0.2, 0.25) is 11.9 Å². The Bertz CT molecular complexity index is 400. The summed E-state index contributed by atoms with van der Waals surface area (Å²) < 4.78 is 0. The first-order chi connectivity index (χ1) is 8.60. The van der Waals surface area contributed by atoms with Crippen LogP contribution in [0.3, 0.4) is 0 Å². The van der Waals surface area contributed by atoms with Crippen LogP contribution >= 0.6 is 0 Å². The molecule has 6 nitrogen and oxygen atoms in total. The maximum atomic E-state index is 12.3. The topological polar surface area (TPSA) is 70.2 Å². The predicted molar refractivity (Wildman–Crippen MR) is 69.2 cm³/mol. The standard InChI is InChI=1S/C12H19N5O/c1-12(2,17-8-6-13-7-9-17)10(18)16-11-14-4-3-5-15-11/h3-5,13H,6-9H2,1-2H3,(H,14,15,16,18). The largest absolute Gasteiger partial charge is 0.314 e. The number of aromatic nitrogens is 2.